The summed E-state index contributed by atoms with van der Waals surface area (Å²) in [6.45, 7) is 3.39. The first-order valence-corrected chi connectivity index (χ1v) is 27.5. The maximum Gasteiger partial charge on any atom is 0.306 e. The van der Waals surface area contributed by atoms with Crippen LogP contribution in [0.3, 0.4) is 0 Å². The summed E-state index contributed by atoms with van der Waals surface area (Å²) >= 11 is 0. The lowest BCUT2D eigenvalue weighted by atomic mass is 9.98. The van der Waals surface area contributed by atoms with E-state index in [0.29, 0.717) is 13.0 Å². The zero-order valence-corrected chi connectivity index (χ0v) is 44.3. The van der Waals surface area contributed by atoms with Gasteiger partial charge in [-0.1, -0.05) is 162 Å². The molecule has 0 amide bonds. The number of allylic oxidation sites excluding steroid dienone is 18. The highest BCUT2D eigenvalue weighted by atomic mass is 16.7. The largest absolute Gasteiger partial charge is 0.457 e. The van der Waals surface area contributed by atoms with Crippen LogP contribution in [-0.2, 0) is 33.2 Å². The number of carbonyl (C=O) groups excluding carboxylic acids is 1. The van der Waals surface area contributed by atoms with Crippen LogP contribution in [0.1, 0.15) is 155 Å². The second-order valence-electron chi connectivity index (χ2n) is 18.7. The van der Waals surface area contributed by atoms with Gasteiger partial charge in [-0.25, -0.2) is 0 Å². The Labute approximate surface area is 438 Å². The lowest BCUT2D eigenvalue weighted by Crippen LogP contribution is -2.61. The van der Waals surface area contributed by atoms with E-state index in [1.54, 1.807) is 0 Å². The SMILES string of the molecule is CC/C=C\C/C=C\C/C=C\C/C=C\C/C=C\C/C=C\C/C=C\CCCCCCOCC(COC1OC(COC2OC(CO)C(O)C(O)C2O)C(O)C(O)C1O)OC(=O)CCCCCCC/C=C\C/C=C\CCC. The molecular weight excluding hydrogens is 933 g/mol. The van der Waals surface area contributed by atoms with Crippen LogP contribution in [0.4, 0.5) is 0 Å². The highest BCUT2D eigenvalue weighted by Crippen LogP contribution is 2.26. The van der Waals surface area contributed by atoms with E-state index < -0.39 is 86.7 Å². The molecule has 11 atom stereocenters. The van der Waals surface area contributed by atoms with Gasteiger partial charge in [0, 0.05) is 13.0 Å². The van der Waals surface area contributed by atoms with E-state index in [1.165, 1.54) is 0 Å². The van der Waals surface area contributed by atoms with Crippen LogP contribution in [0, 0.1) is 0 Å². The molecule has 0 saturated carbocycles. The summed E-state index contributed by atoms with van der Waals surface area (Å²) < 4.78 is 34.3. The number of ether oxygens (including phenoxy) is 6. The molecule has 2 fully saturated rings. The van der Waals surface area contributed by atoms with E-state index in [-0.39, 0.29) is 19.6 Å². The molecule has 73 heavy (non-hydrogen) atoms. The molecule has 0 radical (unpaired) electrons. The quantitative estimate of drug-likeness (QED) is 0.0173. The monoisotopic (exact) mass is 1030 g/mol. The first kappa shape index (κ1) is 65.8. The highest BCUT2D eigenvalue weighted by molar-refractivity contribution is 5.69. The van der Waals surface area contributed by atoms with Crippen molar-refractivity contribution in [3.8, 4) is 0 Å². The Hall–Kier alpha value is -3.35. The predicted molar refractivity (Wildman–Crippen MR) is 288 cm³/mol. The molecular formula is C59H96O14. The van der Waals surface area contributed by atoms with Crippen LogP contribution in [0.5, 0.6) is 0 Å². The molecule has 7 N–H and O–H groups in total. The Kier molecular flexibility index (Phi) is 40.4. The molecule has 2 saturated heterocycles. The fourth-order valence-electron chi connectivity index (χ4n) is 7.83. The van der Waals surface area contributed by atoms with Gasteiger partial charge >= 0.3 is 5.97 Å². The van der Waals surface area contributed by atoms with Gasteiger partial charge in [-0.05, 0) is 96.3 Å². The van der Waals surface area contributed by atoms with Gasteiger partial charge in [0.25, 0.3) is 0 Å². The van der Waals surface area contributed by atoms with Crippen molar-refractivity contribution in [2.24, 2.45) is 0 Å². The Balaban J connectivity index is 1.74. The summed E-state index contributed by atoms with van der Waals surface area (Å²) in [6, 6.07) is 0. The van der Waals surface area contributed by atoms with Crippen LogP contribution in [0.2, 0.25) is 0 Å². The summed E-state index contributed by atoms with van der Waals surface area (Å²) in [7, 11) is 0. The second-order valence-corrected chi connectivity index (χ2v) is 18.7. The van der Waals surface area contributed by atoms with E-state index in [1.807, 2.05) is 0 Å². The molecule has 0 aromatic heterocycles. The van der Waals surface area contributed by atoms with Gasteiger partial charge in [0.1, 0.15) is 54.9 Å². The van der Waals surface area contributed by atoms with E-state index in [0.717, 1.165) is 128 Å². The average molecular weight is 1030 g/mol. The van der Waals surface area contributed by atoms with Crippen LogP contribution >= 0.6 is 0 Å². The molecule has 0 aromatic carbocycles. The van der Waals surface area contributed by atoms with E-state index in [9.17, 15) is 40.5 Å². The highest BCUT2D eigenvalue weighted by Gasteiger charge is 2.47. The zero-order chi connectivity index (χ0) is 53.0. The predicted octanol–water partition coefficient (Wildman–Crippen LogP) is 9.18. The first-order valence-electron chi connectivity index (χ1n) is 27.5. The fourth-order valence-corrected chi connectivity index (χ4v) is 7.83. The topological polar surface area (TPSA) is 214 Å². The standard InChI is InChI=1S/C59H96O14/c1-3-5-7-9-11-13-15-17-18-19-20-21-22-23-24-25-26-27-28-29-31-33-35-37-39-41-43-68-45-48(71-51(61)42-40-38-36-34-32-30-16-14-12-10-8-6-4-2)46-69-58-57(67)55(65)53(63)50(73-58)47-70-59-56(66)54(64)52(62)49(44-60)72-59/h5,7-8,10-11,13-14,16-18,20-21,23-24,26-27,29,31,48-50,52-60,62-67H,3-4,6,9,12,15,19,22,25,28,30,32-47H2,1-2H3/b7-5-,10-8-,13-11-,16-14-,18-17-,21-20-,24-23-,27-26-,31-29-. The molecule has 2 rings (SSSR count). The van der Waals surface area contributed by atoms with Crippen LogP contribution < -0.4 is 0 Å². The Morgan fingerprint density at radius 2 is 0.890 bits per heavy atom. The summed E-state index contributed by atoms with van der Waals surface area (Å²) in [5.41, 5.74) is 0. The van der Waals surface area contributed by atoms with Crippen LogP contribution in [-0.4, -0.2) is 142 Å². The molecule has 0 spiro atoms. The van der Waals surface area contributed by atoms with Gasteiger partial charge < -0.3 is 64.2 Å². The van der Waals surface area contributed by atoms with Crippen molar-refractivity contribution in [3.05, 3.63) is 109 Å². The van der Waals surface area contributed by atoms with E-state index in [2.05, 4.69) is 123 Å². The Morgan fingerprint density at radius 1 is 0.466 bits per heavy atom. The van der Waals surface area contributed by atoms with E-state index in [4.69, 9.17) is 28.4 Å². The van der Waals surface area contributed by atoms with Gasteiger partial charge in [0.15, 0.2) is 12.6 Å². The number of carbonyl (C=O) groups is 1. The van der Waals surface area contributed by atoms with Crippen LogP contribution in [0.25, 0.3) is 0 Å². The first-order chi connectivity index (χ1) is 35.6. The third-order valence-electron chi connectivity index (χ3n) is 12.2. The molecule has 14 heteroatoms. The van der Waals surface area contributed by atoms with Crippen molar-refractivity contribution in [1.29, 1.82) is 0 Å². The maximum atomic E-state index is 13.0. The zero-order valence-electron chi connectivity index (χ0n) is 44.3. The number of hydrogen-bond donors (Lipinski definition) is 7. The summed E-state index contributed by atoms with van der Waals surface area (Å²) in [5, 5.41) is 72.2. The van der Waals surface area contributed by atoms with Gasteiger partial charge in [-0.2, -0.15) is 0 Å². The van der Waals surface area contributed by atoms with Crippen molar-refractivity contribution in [2.75, 3.05) is 33.0 Å². The minimum absolute atomic E-state index is 0.0304. The molecule has 0 bridgehead atoms. The van der Waals surface area contributed by atoms with Gasteiger partial charge in [-0.15, -0.1) is 0 Å². The minimum atomic E-state index is -1.72. The van der Waals surface area contributed by atoms with Crippen molar-refractivity contribution in [1.82, 2.24) is 0 Å². The third-order valence-corrected chi connectivity index (χ3v) is 12.2. The molecule has 11 unspecified atom stereocenters. The molecule has 14 nitrogen and oxygen atoms in total. The number of hydrogen-bond acceptors (Lipinski definition) is 14. The molecule has 2 aliphatic rings. The fraction of sp³-hybridized carbons (Fsp3) is 0.678. The molecule has 2 heterocycles. The van der Waals surface area contributed by atoms with Gasteiger partial charge in [0.2, 0.25) is 0 Å². The van der Waals surface area contributed by atoms with Crippen LogP contribution in [0.15, 0.2) is 109 Å². The normalized spacial score (nSPS) is 25.8. The number of unbranched alkanes of at least 4 members (excludes halogenated alkanes) is 10. The number of rotatable bonds is 42. The Bertz CT molecular complexity index is 1620. The van der Waals surface area contributed by atoms with Gasteiger partial charge in [-0.3, -0.25) is 4.79 Å². The number of esters is 1. The van der Waals surface area contributed by atoms with E-state index >= 15 is 0 Å². The average Bonchev–Trinajstić information content (AvgIpc) is 3.39. The van der Waals surface area contributed by atoms with Crippen molar-refractivity contribution >= 4 is 5.97 Å². The molecule has 2 aliphatic heterocycles. The summed E-state index contributed by atoms with van der Waals surface area (Å²) in [6.07, 6.45) is 44.4. The summed E-state index contributed by atoms with van der Waals surface area (Å²) in [5.74, 6) is -0.406. The lowest BCUT2D eigenvalue weighted by molar-refractivity contribution is -0.332. The van der Waals surface area contributed by atoms with Crippen molar-refractivity contribution in [2.45, 2.75) is 223 Å². The van der Waals surface area contributed by atoms with Crippen molar-refractivity contribution in [3.63, 3.8) is 0 Å². The Morgan fingerprint density at radius 3 is 1.40 bits per heavy atom. The lowest BCUT2D eigenvalue weighted by Gasteiger charge is -2.42. The second kappa shape index (κ2) is 44.9. The smallest absolute Gasteiger partial charge is 0.306 e. The molecule has 416 valence electrons. The minimum Gasteiger partial charge on any atom is -0.457 e. The van der Waals surface area contributed by atoms with Gasteiger partial charge in [0.05, 0.1) is 26.4 Å². The third kappa shape index (κ3) is 32.0. The maximum absolute atomic E-state index is 13.0. The molecule has 0 aliphatic carbocycles. The number of aliphatic hydroxyl groups excluding tert-OH is 7. The number of aliphatic hydroxyl groups is 7. The summed E-state index contributed by atoms with van der Waals surface area (Å²) in [4.78, 5) is 13.0. The van der Waals surface area contributed by atoms with Crippen molar-refractivity contribution < 1.29 is 69.0 Å². The molecule has 0 aromatic rings.